The number of carbonyl (C=O) groups is 1. The topological polar surface area (TPSA) is 26.3 Å². The average Bonchev–Trinajstić information content (AvgIpc) is 2.58. The fraction of sp³-hybridized carbons (Fsp3) is 0.957. The van der Waals surface area contributed by atoms with Gasteiger partial charge in [-0.25, -0.2) is 0 Å². The molecule has 0 heterocycles. The fourth-order valence-corrected chi connectivity index (χ4v) is 3.20. The molecule has 2 nitrogen and oxygen atoms in total. The molecule has 0 atom stereocenters. The molecule has 0 aliphatic rings. The summed E-state index contributed by atoms with van der Waals surface area (Å²) in [5.41, 5.74) is 0. The summed E-state index contributed by atoms with van der Waals surface area (Å²) in [7, 11) is 0. The van der Waals surface area contributed by atoms with E-state index < -0.39 is 0 Å². The van der Waals surface area contributed by atoms with E-state index >= 15 is 0 Å². The summed E-state index contributed by atoms with van der Waals surface area (Å²) in [5.74, 6) is 0.874. The van der Waals surface area contributed by atoms with Crippen molar-refractivity contribution in [1.82, 2.24) is 0 Å². The number of ether oxygens (including phenoxy) is 1. The number of esters is 1. The summed E-state index contributed by atoms with van der Waals surface area (Å²) in [6.07, 6.45) is 21.4. The molecule has 0 aliphatic carbocycles. The Bertz CT molecular complexity index is 273. The quantitative estimate of drug-likeness (QED) is 0.174. The first-order valence-electron chi connectivity index (χ1n) is 11.3. The molecular weight excluding hydrogens is 308 g/mol. The molecule has 0 aliphatic heterocycles. The van der Waals surface area contributed by atoms with E-state index in [0.29, 0.717) is 13.0 Å². The van der Waals surface area contributed by atoms with Gasteiger partial charge < -0.3 is 4.74 Å². The number of hydrogen-bond donors (Lipinski definition) is 0. The molecule has 0 aromatic heterocycles. The zero-order chi connectivity index (χ0) is 18.6. The van der Waals surface area contributed by atoms with Crippen molar-refractivity contribution in [2.75, 3.05) is 6.61 Å². The minimum Gasteiger partial charge on any atom is -0.466 e. The zero-order valence-electron chi connectivity index (χ0n) is 17.6. The Hall–Kier alpha value is -0.530. The maximum absolute atomic E-state index is 11.5. The predicted molar refractivity (Wildman–Crippen MR) is 110 cm³/mol. The van der Waals surface area contributed by atoms with Crippen LogP contribution in [0.15, 0.2) is 0 Å². The number of carbonyl (C=O) groups excluding carboxylic acids is 1. The van der Waals surface area contributed by atoms with Crippen LogP contribution < -0.4 is 0 Å². The lowest BCUT2D eigenvalue weighted by Gasteiger charge is -2.06. The van der Waals surface area contributed by atoms with Crippen molar-refractivity contribution >= 4 is 5.97 Å². The van der Waals surface area contributed by atoms with Crippen LogP contribution in [-0.4, -0.2) is 12.6 Å². The van der Waals surface area contributed by atoms with Crippen LogP contribution >= 0.6 is 0 Å². The summed E-state index contributed by atoms with van der Waals surface area (Å²) in [6.45, 7) is 7.45. The van der Waals surface area contributed by atoms with Crippen LogP contribution in [0.4, 0.5) is 0 Å². The highest BCUT2D eigenvalue weighted by Gasteiger charge is 2.02. The summed E-state index contributed by atoms with van der Waals surface area (Å²) in [6, 6.07) is 0. The fourth-order valence-electron chi connectivity index (χ4n) is 3.20. The Morgan fingerprint density at radius 3 is 1.68 bits per heavy atom. The van der Waals surface area contributed by atoms with Gasteiger partial charge in [-0.3, -0.25) is 4.79 Å². The van der Waals surface area contributed by atoms with Gasteiger partial charge in [0, 0.05) is 6.42 Å². The minimum absolute atomic E-state index is 0.00416. The van der Waals surface area contributed by atoms with Crippen LogP contribution in [0.1, 0.15) is 130 Å². The molecule has 0 rings (SSSR count). The monoisotopic (exact) mass is 354 g/mol. The highest BCUT2D eigenvalue weighted by molar-refractivity contribution is 5.69. The Kier molecular flexibility index (Phi) is 19.4. The lowest BCUT2D eigenvalue weighted by Crippen LogP contribution is -2.05. The Morgan fingerprint density at radius 1 is 0.680 bits per heavy atom. The first-order chi connectivity index (χ1) is 12.2. The van der Waals surface area contributed by atoms with Crippen molar-refractivity contribution < 1.29 is 9.53 Å². The molecule has 0 saturated carbocycles. The van der Waals surface area contributed by atoms with E-state index in [1.54, 1.807) is 0 Å². The van der Waals surface area contributed by atoms with Crippen molar-refractivity contribution in [2.45, 2.75) is 130 Å². The molecule has 0 saturated heterocycles. The number of rotatable bonds is 19. The lowest BCUT2D eigenvalue weighted by molar-refractivity contribution is -0.143. The van der Waals surface area contributed by atoms with Gasteiger partial charge in [0.2, 0.25) is 0 Å². The number of hydrogen-bond acceptors (Lipinski definition) is 2. The number of unbranched alkanes of at least 4 members (excludes halogenated alkanes) is 13. The molecule has 25 heavy (non-hydrogen) atoms. The second-order valence-electron chi connectivity index (χ2n) is 8.10. The van der Waals surface area contributed by atoms with Crippen molar-refractivity contribution in [3.63, 3.8) is 0 Å². The van der Waals surface area contributed by atoms with Gasteiger partial charge in [0.05, 0.1) is 6.61 Å². The van der Waals surface area contributed by atoms with Gasteiger partial charge in [-0.1, -0.05) is 111 Å². The smallest absolute Gasteiger partial charge is 0.305 e. The third kappa shape index (κ3) is 21.4. The van der Waals surface area contributed by atoms with Gasteiger partial charge in [0.1, 0.15) is 0 Å². The second kappa shape index (κ2) is 19.8. The molecule has 0 N–H and O–H groups in total. The highest BCUT2D eigenvalue weighted by Crippen LogP contribution is 2.13. The van der Waals surface area contributed by atoms with Gasteiger partial charge in [-0.15, -0.1) is 0 Å². The van der Waals surface area contributed by atoms with E-state index in [9.17, 15) is 4.79 Å². The van der Waals surface area contributed by atoms with Crippen LogP contribution in [0.25, 0.3) is 0 Å². The first-order valence-corrected chi connectivity index (χ1v) is 11.3. The van der Waals surface area contributed by atoms with Crippen LogP contribution in [0.3, 0.4) is 0 Å². The molecule has 0 aromatic rings. The largest absolute Gasteiger partial charge is 0.466 e. The zero-order valence-corrected chi connectivity index (χ0v) is 17.6. The predicted octanol–water partition coefficient (Wildman–Crippen LogP) is 7.84. The standard InChI is InChI=1S/C23H46O2/c1-4-5-6-17-20-23(24)25-21-18-15-13-11-9-7-8-10-12-14-16-19-22(2)3/h22H,4-21H2,1-3H3. The molecule has 0 aromatic carbocycles. The Balaban J connectivity index is 3.10. The van der Waals surface area contributed by atoms with E-state index in [2.05, 4.69) is 20.8 Å². The maximum Gasteiger partial charge on any atom is 0.305 e. The van der Waals surface area contributed by atoms with Gasteiger partial charge in [0.25, 0.3) is 0 Å². The molecule has 2 heteroatoms. The van der Waals surface area contributed by atoms with Crippen molar-refractivity contribution in [3.8, 4) is 0 Å². The van der Waals surface area contributed by atoms with Crippen LogP contribution in [-0.2, 0) is 9.53 Å². The van der Waals surface area contributed by atoms with Crippen LogP contribution in [0.5, 0.6) is 0 Å². The highest BCUT2D eigenvalue weighted by atomic mass is 16.5. The molecule has 0 amide bonds. The van der Waals surface area contributed by atoms with Crippen molar-refractivity contribution in [2.24, 2.45) is 5.92 Å². The summed E-state index contributed by atoms with van der Waals surface area (Å²) in [4.78, 5) is 11.5. The third-order valence-corrected chi connectivity index (χ3v) is 4.92. The van der Waals surface area contributed by atoms with Gasteiger partial charge in [0.15, 0.2) is 0 Å². The van der Waals surface area contributed by atoms with Gasteiger partial charge in [-0.05, 0) is 18.8 Å². The second-order valence-corrected chi connectivity index (χ2v) is 8.10. The first kappa shape index (κ1) is 24.5. The van der Waals surface area contributed by atoms with Crippen LogP contribution in [0, 0.1) is 5.92 Å². The van der Waals surface area contributed by atoms with E-state index in [1.165, 1.54) is 83.5 Å². The van der Waals surface area contributed by atoms with Crippen molar-refractivity contribution in [1.29, 1.82) is 0 Å². The minimum atomic E-state index is 0.00416. The molecular formula is C23H46O2. The third-order valence-electron chi connectivity index (χ3n) is 4.92. The van der Waals surface area contributed by atoms with Crippen molar-refractivity contribution in [3.05, 3.63) is 0 Å². The van der Waals surface area contributed by atoms with E-state index in [1.807, 2.05) is 0 Å². The molecule has 0 fully saturated rings. The van der Waals surface area contributed by atoms with E-state index in [-0.39, 0.29) is 5.97 Å². The summed E-state index contributed by atoms with van der Waals surface area (Å²) < 4.78 is 5.29. The average molecular weight is 355 g/mol. The summed E-state index contributed by atoms with van der Waals surface area (Å²) in [5, 5.41) is 0. The molecule has 0 spiro atoms. The molecule has 0 radical (unpaired) electrons. The summed E-state index contributed by atoms with van der Waals surface area (Å²) >= 11 is 0. The maximum atomic E-state index is 11.5. The molecule has 150 valence electrons. The molecule has 0 bridgehead atoms. The Labute approximate surface area is 158 Å². The normalized spacial score (nSPS) is 11.2. The van der Waals surface area contributed by atoms with Gasteiger partial charge >= 0.3 is 5.97 Å². The van der Waals surface area contributed by atoms with Crippen LogP contribution in [0.2, 0.25) is 0 Å². The van der Waals surface area contributed by atoms with E-state index in [4.69, 9.17) is 4.74 Å². The SMILES string of the molecule is CCCCCCC(=O)OCCCCCCCCCCCCCC(C)C. The Morgan fingerprint density at radius 2 is 1.16 bits per heavy atom. The lowest BCUT2D eigenvalue weighted by atomic mass is 10.0. The van der Waals surface area contributed by atoms with Gasteiger partial charge in [-0.2, -0.15) is 0 Å². The molecule has 0 unspecified atom stereocenters. The van der Waals surface area contributed by atoms with E-state index in [0.717, 1.165) is 25.2 Å².